The van der Waals surface area contributed by atoms with Crippen molar-refractivity contribution < 1.29 is 0 Å². The predicted octanol–water partition coefficient (Wildman–Crippen LogP) is 4.44. The molecule has 0 spiro atoms. The highest BCUT2D eigenvalue weighted by Gasteiger charge is 2.31. The van der Waals surface area contributed by atoms with Gasteiger partial charge in [-0.15, -0.1) is 0 Å². The van der Waals surface area contributed by atoms with Crippen LogP contribution >= 0.6 is 15.9 Å². The van der Waals surface area contributed by atoms with E-state index in [1.165, 1.54) is 28.4 Å². The molecule has 1 aromatic heterocycles. The van der Waals surface area contributed by atoms with Gasteiger partial charge in [-0.05, 0) is 55.0 Å². The lowest BCUT2D eigenvalue weighted by Gasteiger charge is -2.38. The summed E-state index contributed by atoms with van der Waals surface area (Å²) in [6.07, 6.45) is 6.16. The van der Waals surface area contributed by atoms with E-state index >= 15 is 0 Å². The maximum Gasteiger partial charge on any atom is 0.0295 e. The average Bonchev–Trinajstić information content (AvgIpc) is 2.44. The average molecular weight is 331 g/mol. The summed E-state index contributed by atoms with van der Waals surface area (Å²) in [5, 5.41) is 3.71. The van der Waals surface area contributed by atoms with Gasteiger partial charge in [-0.25, -0.2) is 0 Å². The maximum absolute atomic E-state index is 4.07. The van der Waals surface area contributed by atoms with E-state index in [9.17, 15) is 0 Å². The third-order valence-corrected chi connectivity index (χ3v) is 4.90. The molecule has 1 aliphatic carbocycles. The van der Waals surface area contributed by atoms with Crippen LogP contribution in [-0.2, 0) is 0 Å². The Morgan fingerprint density at radius 1 is 1.15 bits per heavy atom. The lowest BCUT2D eigenvalue weighted by molar-refractivity contribution is 0.270. The summed E-state index contributed by atoms with van der Waals surface area (Å²) in [7, 11) is 0. The second-order valence-electron chi connectivity index (χ2n) is 5.56. The number of pyridine rings is 1. The molecule has 2 aromatic rings. The van der Waals surface area contributed by atoms with Crippen molar-refractivity contribution in [2.75, 3.05) is 0 Å². The second-order valence-corrected chi connectivity index (χ2v) is 6.41. The highest BCUT2D eigenvalue weighted by atomic mass is 79.9. The third-order valence-electron chi connectivity index (χ3n) is 4.17. The van der Waals surface area contributed by atoms with Crippen molar-refractivity contribution in [2.24, 2.45) is 0 Å². The first kappa shape index (κ1) is 13.8. The van der Waals surface area contributed by atoms with Crippen molar-refractivity contribution in [3.8, 4) is 0 Å². The molecule has 0 aliphatic heterocycles. The number of nitrogens with zero attached hydrogens (tertiary/aromatic N) is 1. The van der Waals surface area contributed by atoms with Crippen LogP contribution in [0.5, 0.6) is 0 Å². The van der Waals surface area contributed by atoms with E-state index in [0.29, 0.717) is 18.0 Å². The van der Waals surface area contributed by atoms with Crippen LogP contribution in [0.3, 0.4) is 0 Å². The van der Waals surface area contributed by atoms with Crippen molar-refractivity contribution in [1.82, 2.24) is 10.3 Å². The smallest absolute Gasteiger partial charge is 0.0295 e. The first-order chi connectivity index (χ1) is 9.74. The minimum Gasteiger partial charge on any atom is -0.307 e. The molecule has 1 N–H and O–H groups in total. The van der Waals surface area contributed by atoms with Crippen LogP contribution in [0.2, 0.25) is 0 Å². The first-order valence-electron chi connectivity index (χ1n) is 7.14. The Kier molecular flexibility index (Phi) is 4.18. The van der Waals surface area contributed by atoms with E-state index in [2.05, 4.69) is 69.6 Å². The summed E-state index contributed by atoms with van der Waals surface area (Å²) in [6, 6.07) is 13.8. The molecule has 2 nitrogen and oxygen atoms in total. The fourth-order valence-corrected chi connectivity index (χ4v) is 3.52. The van der Waals surface area contributed by atoms with Gasteiger partial charge < -0.3 is 5.32 Å². The number of aromatic nitrogens is 1. The van der Waals surface area contributed by atoms with Crippen LogP contribution in [0.15, 0.2) is 53.3 Å². The van der Waals surface area contributed by atoms with Gasteiger partial charge in [-0.1, -0.05) is 34.1 Å². The number of hydrogen-bond acceptors (Lipinski definition) is 2. The van der Waals surface area contributed by atoms with Crippen molar-refractivity contribution in [1.29, 1.82) is 0 Å². The third kappa shape index (κ3) is 2.94. The normalized spacial score (nSPS) is 23.1. The minimum absolute atomic E-state index is 0.392. The van der Waals surface area contributed by atoms with Gasteiger partial charge in [0.25, 0.3) is 0 Å². The Labute approximate surface area is 128 Å². The predicted molar refractivity (Wildman–Crippen MR) is 85.7 cm³/mol. The van der Waals surface area contributed by atoms with E-state index in [4.69, 9.17) is 0 Å². The number of halogens is 1. The summed E-state index contributed by atoms with van der Waals surface area (Å²) >= 11 is 3.65. The highest BCUT2D eigenvalue weighted by molar-refractivity contribution is 9.10. The van der Waals surface area contributed by atoms with E-state index in [-0.39, 0.29) is 0 Å². The van der Waals surface area contributed by atoms with E-state index in [1.807, 2.05) is 12.4 Å². The van der Waals surface area contributed by atoms with Crippen molar-refractivity contribution >= 4 is 15.9 Å². The molecule has 20 heavy (non-hydrogen) atoms. The Hall–Kier alpha value is -1.19. The number of rotatable bonds is 4. The lowest BCUT2D eigenvalue weighted by Crippen LogP contribution is -2.41. The fraction of sp³-hybridized carbons (Fsp3) is 0.353. The Morgan fingerprint density at radius 2 is 1.85 bits per heavy atom. The Balaban J connectivity index is 1.55. The zero-order chi connectivity index (χ0) is 13.9. The number of nitrogens with one attached hydrogen (secondary N) is 1. The molecule has 1 fully saturated rings. The molecule has 0 saturated heterocycles. The monoisotopic (exact) mass is 330 g/mol. The van der Waals surface area contributed by atoms with Gasteiger partial charge in [0.05, 0.1) is 0 Å². The van der Waals surface area contributed by atoms with Crippen LogP contribution in [0.1, 0.15) is 42.9 Å². The van der Waals surface area contributed by atoms with Crippen molar-refractivity contribution in [3.05, 3.63) is 64.4 Å². The molecule has 0 bridgehead atoms. The summed E-state index contributed by atoms with van der Waals surface area (Å²) in [5.41, 5.74) is 2.76. The van der Waals surface area contributed by atoms with E-state index in [0.717, 1.165) is 0 Å². The molecule has 0 radical (unpaired) electrons. The summed E-state index contributed by atoms with van der Waals surface area (Å²) < 4.78 is 1.24. The Morgan fingerprint density at radius 3 is 2.55 bits per heavy atom. The van der Waals surface area contributed by atoms with Crippen molar-refractivity contribution in [3.63, 3.8) is 0 Å². The van der Waals surface area contributed by atoms with Crippen LogP contribution in [0.4, 0.5) is 0 Å². The topological polar surface area (TPSA) is 24.9 Å². The van der Waals surface area contributed by atoms with Gasteiger partial charge in [0.2, 0.25) is 0 Å². The number of benzene rings is 1. The number of hydrogen-bond donors (Lipinski definition) is 1. The lowest BCUT2D eigenvalue weighted by atomic mass is 9.75. The summed E-state index contributed by atoms with van der Waals surface area (Å²) in [4.78, 5) is 4.07. The summed E-state index contributed by atoms with van der Waals surface area (Å²) in [5.74, 6) is 0.688. The molecule has 3 rings (SSSR count). The molecule has 1 atom stereocenters. The van der Waals surface area contributed by atoms with Gasteiger partial charge in [0, 0.05) is 29.0 Å². The molecule has 1 heterocycles. The zero-order valence-electron chi connectivity index (χ0n) is 11.6. The fourth-order valence-electron chi connectivity index (χ4n) is 2.92. The van der Waals surface area contributed by atoms with Crippen molar-refractivity contribution in [2.45, 2.75) is 37.8 Å². The molecule has 0 unspecified atom stereocenters. The molecule has 0 amide bonds. The largest absolute Gasteiger partial charge is 0.307 e. The van der Waals surface area contributed by atoms with Crippen LogP contribution in [-0.4, -0.2) is 11.0 Å². The highest BCUT2D eigenvalue weighted by Crippen LogP contribution is 2.40. The Bertz CT molecular complexity index is 564. The molecule has 1 saturated carbocycles. The zero-order valence-corrected chi connectivity index (χ0v) is 13.2. The first-order valence-corrected chi connectivity index (χ1v) is 7.93. The van der Waals surface area contributed by atoms with Crippen LogP contribution in [0.25, 0.3) is 0 Å². The molecule has 1 aliphatic rings. The molecule has 104 valence electrons. The maximum atomic E-state index is 4.07. The molecular formula is C17H19BrN2. The van der Waals surface area contributed by atoms with Gasteiger partial charge in [0.15, 0.2) is 0 Å². The van der Waals surface area contributed by atoms with Gasteiger partial charge in [0.1, 0.15) is 0 Å². The van der Waals surface area contributed by atoms with Crippen LogP contribution in [0, 0.1) is 0 Å². The van der Waals surface area contributed by atoms with Crippen LogP contribution < -0.4 is 5.32 Å². The standard InChI is InChI=1S/C17H19BrN2/c1-12(13-6-8-19-9-7-13)20-15-10-14(11-15)16-4-2-3-5-17(16)18/h2-9,12,14-15,20H,10-11H2,1H3/t12-,14?,15?/m0/s1. The quantitative estimate of drug-likeness (QED) is 0.896. The van der Waals surface area contributed by atoms with E-state index in [1.54, 1.807) is 0 Å². The van der Waals surface area contributed by atoms with Gasteiger partial charge in [-0.3, -0.25) is 4.98 Å². The molecule has 1 aromatic carbocycles. The second kappa shape index (κ2) is 6.06. The SMILES string of the molecule is C[C@H](NC1CC(c2ccccc2Br)C1)c1ccncc1. The van der Waals surface area contributed by atoms with Gasteiger partial charge in [-0.2, -0.15) is 0 Å². The molecular weight excluding hydrogens is 312 g/mol. The minimum atomic E-state index is 0.392. The van der Waals surface area contributed by atoms with E-state index < -0.39 is 0 Å². The summed E-state index contributed by atoms with van der Waals surface area (Å²) in [6.45, 7) is 2.22. The molecule has 3 heteroatoms. The van der Waals surface area contributed by atoms with Gasteiger partial charge >= 0.3 is 0 Å².